The molecular formula is C14H20ClFN2. The zero-order chi connectivity index (χ0) is 13.3. The summed E-state index contributed by atoms with van der Waals surface area (Å²) in [6.45, 7) is 5.82. The predicted molar refractivity (Wildman–Crippen MR) is 73.2 cm³/mol. The first-order valence-corrected chi connectivity index (χ1v) is 6.83. The van der Waals surface area contributed by atoms with Crippen LogP contribution in [-0.2, 0) is 0 Å². The quantitative estimate of drug-likeness (QED) is 0.914. The van der Waals surface area contributed by atoms with Crippen LogP contribution in [0.5, 0.6) is 0 Å². The van der Waals surface area contributed by atoms with Crippen molar-refractivity contribution < 1.29 is 4.39 Å². The Kier molecular flexibility index (Phi) is 4.25. The van der Waals surface area contributed by atoms with Gasteiger partial charge < -0.3 is 5.73 Å². The number of nitrogens with zero attached hydrogens (tertiary/aromatic N) is 1. The number of rotatable bonds is 3. The first-order valence-electron chi connectivity index (χ1n) is 6.46. The van der Waals surface area contributed by atoms with E-state index >= 15 is 0 Å². The Hall–Kier alpha value is -0.640. The Bertz CT molecular complexity index is 422. The third-order valence-electron chi connectivity index (χ3n) is 3.83. The van der Waals surface area contributed by atoms with Gasteiger partial charge in [-0.3, -0.25) is 4.90 Å². The molecule has 0 amide bonds. The lowest BCUT2D eigenvalue weighted by molar-refractivity contribution is 0.181. The number of benzene rings is 1. The van der Waals surface area contributed by atoms with E-state index in [1.54, 1.807) is 6.07 Å². The van der Waals surface area contributed by atoms with E-state index in [9.17, 15) is 4.39 Å². The molecule has 2 N–H and O–H groups in total. The van der Waals surface area contributed by atoms with Crippen LogP contribution in [-0.4, -0.2) is 24.0 Å². The predicted octanol–water partition coefficient (Wildman–Crippen LogP) is 3.21. The Balaban J connectivity index is 2.40. The van der Waals surface area contributed by atoms with Crippen LogP contribution in [0.1, 0.15) is 31.9 Å². The molecule has 1 heterocycles. The fourth-order valence-electron chi connectivity index (χ4n) is 2.89. The van der Waals surface area contributed by atoms with E-state index < -0.39 is 0 Å². The summed E-state index contributed by atoms with van der Waals surface area (Å²) in [4.78, 5) is 2.31. The lowest BCUT2D eigenvalue weighted by atomic mass is 9.93. The molecule has 1 aliphatic heterocycles. The largest absolute Gasteiger partial charge is 0.330 e. The summed E-state index contributed by atoms with van der Waals surface area (Å²) in [5, 5.41) is 0.193. The summed E-state index contributed by atoms with van der Waals surface area (Å²) in [5.41, 5.74) is 6.51. The standard InChI is InChI=1S/C14H20ClFN2/c1-9(2)18-7-6-10(8-17)14(18)11-4-3-5-12(15)13(11)16/h3-5,9-10,14H,6-8,17H2,1-2H3. The van der Waals surface area contributed by atoms with Gasteiger partial charge in [0.15, 0.2) is 0 Å². The summed E-state index contributed by atoms with van der Waals surface area (Å²) in [6, 6.07) is 5.66. The van der Waals surface area contributed by atoms with Gasteiger partial charge in [0.2, 0.25) is 0 Å². The summed E-state index contributed by atoms with van der Waals surface area (Å²) in [6.07, 6.45) is 1.02. The highest BCUT2D eigenvalue weighted by Gasteiger charge is 2.37. The van der Waals surface area contributed by atoms with Crippen LogP contribution in [0.15, 0.2) is 18.2 Å². The second kappa shape index (κ2) is 5.55. The van der Waals surface area contributed by atoms with E-state index in [1.165, 1.54) is 0 Å². The van der Waals surface area contributed by atoms with Gasteiger partial charge in [0, 0.05) is 17.6 Å². The van der Waals surface area contributed by atoms with Crippen LogP contribution < -0.4 is 5.73 Å². The fraction of sp³-hybridized carbons (Fsp3) is 0.571. The van der Waals surface area contributed by atoms with Crippen molar-refractivity contribution in [1.29, 1.82) is 0 Å². The van der Waals surface area contributed by atoms with Crippen LogP contribution in [0, 0.1) is 11.7 Å². The molecule has 2 unspecified atom stereocenters. The average Bonchev–Trinajstić information content (AvgIpc) is 2.76. The Morgan fingerprint density at radius 3 is 2.83 bits per heavy atom. The Morgan fingerprint density at radius 2 is 2.22 bits per heavy atom. The van der Waals surface area contributed by atoms with Crippen molar-refractivity contribution in [3.63, 3.8) is 0 Å². The van der Waals surface area contributed by atoms with Crippen molar-refractivity contribution in [2.45, 2.75) is 32.4 Å². The van der Waals surface area contributed by atoms with E-state index in [2.05, 4.69) is 18.7 Å². The molecule has 0 bridgehead atoms. The molecule has 1 fully saturated rings. The molecular weight excluding hydrogens is 251 g/mol. The number of nitrogens with two attached hydrogens (primary N) is 1. The molecule has 18 heavy (non-hydrogen) atoms. The summed E-state index contributed by atoms with van der Waals surface area (Å²) in [5.74, 6) is 0.00975. The third-order valence-corrected chi connectivity index (χ3v) is 4.12. The van der Waals surface area contributed by atoms with Gasteiger partial charge in [-0.2, -0.15) is 0 Å². The van der Waals surface area contributed by atoms with Crippen LogP contribution >= 0.6 is 11.6 Å². The summed E-state index contributed by atoms with van der Waals surface area (Å²) < 4.78 is 14.2. The minimum Gasteiger partial charge on any atom is -0.330 e. The van der Waals surface area contributed by atoms with Crippen molar-refractivity contribution in [3.05, 3.63) is 34.6 Å². The van der Waals surface area contributed by atoms with Gasteiger partial charge in [-0.1, -0.05) is 23.7 Å². The molecule has 2 atom stereocenters. The van der Waals surface area contributed by atoms with Gasteiger partial charge in [-0.25, -0.2) is 4.39 Å². The van der Waals surface area contributed by atoms with E-state index in [0.717, 1.165) is 13.0 Å². The van der Waals surface area contributed by atoms with E-state index in [1.807, 2.05) is 12.1 Å². The molecule has 2 nitrogen and oxygen atoms in total. The van der Waals surface area contributed by atoms with Gasteiger partial charge in [-0.05, 0) is 45.3 Å². The molecule has 1 aromatic carbocycles. The van der Waals surface area contributed by atoms with E-state index in [-0.39, 0.29) is 16.9 Å². The van der Waals surface area contributed by atoms with Gasteiger partial charge in [0.25, 0.3) is 0 Å². The molecule has 1 aromatic rings. The van der Waals surface area contributed by atoms with Crippen molar-refractivity contribution in [1.82, 2.24) is 4.90 Å². The summed E-state index contributed by atoms with van der Waals surface area (Å²) >= 11 is 5.89. The molecule has 0 aliphatic carbocycles. The van der Waals surface area contributed by atoms with E-state index in [0.29, 0.717) is 24.1 Å². The van der Waals surface area contributed by atoms with Gasteiger partial charge >= 0.3 is 0 Å². The lowest BCUT2D eigenvalue weighted by Crippen LogP contribution is -2.34. The monoisotopic (exact) mass is 270 g/mol. The minimum atomic E-state index is -0.296. The number of likely N-dealkylation sites (tertiary alicyclic amines) is 1. The van der Waals surface area contributed by atoms with Crippen LogP contribution in [0.2, 0.25) is 5.02 Å². The highest BCUT2D eigenvalue weighted by molar-refractivity contribution is 6.30. The molecule has 0 saturated carbocycles. The van der Waals surface area contributed by atoms with E-state index in [4.69, 9.17) is 17.3 Å². The number of hydrogen-bond acceptors (Lipinski definition) is 2. The van der Waals surface area contributed by atoms with Crippen molar-refractivity contribution >= 4 is 11.6 Å². The average molecular weight is 271 g/mol. The van der Waals surface area contributed by atoms with Crippen LogP contribution in [0.4, 0.5) is 4.39 Å². The highest BCUT2D eigenvalue weighted by Crippen LogP contribution is 2.40. The second-order valence-corrected chi connectivity index (χ2v) is 5.61. The molecule has 100 valence electrons. The molecule has 2 rings (SSSR count). The number of halogens is 2. The maximum Gasteiger partial charge on any atom is 0.146 e. The molecule has 1 saturated heterocycles. The smallest absolute Gasteiger partial charge is 0.146 e. The maximum atomic E-state index is 14.2. The number of hydrogen-bond donors (Lipinski definition) is 1. The van der Waals surface area contributed by atoms with Gasteiger partial charge in [-0.15, -0.1) is 0 Å². The van der Waals surface area contributed by atoms with Crippen molar-refractivity contribution in [2.75, 3.05) is 13.1 Å². The second-order valence-electron chi connectivity index (χ2n) is 5.20. The molecule has 4 heteroatoms. The fourth-order valence-corrected chi connectivity index (χ4v) is 3.07. The molecule has 1 aliphatic rings. The SMILES string of the molecule is CC(C)N1CCC(CN)C1c1cccc(Cl)c1F. The molecule has 0 radical (unpaired) electrons. The third kappa shape index (κ3) is 2.40. The van der Waals surface area contributed by atoms with Gasteiger partial charge in [0.05, 0.1) is 5.02 Å². The lowest BCUT2D eigenvalue weighted by Gasteiger charge is -2.31. The Labute approximate surface area is 113 Å². The zero-order valence-electron chi connectivity index (χ0n) is 10.9. The minimum absolute atomic E-state index is 0.0497. The van der Waals surface area contributed by atoms with Crippen LogP contribution in [0.3, 0.4) is 0 Å². The normalized spacial score (nSPS) is 25.0. The molecule has 0 spiro atoms. The molecule has 0 aromatic heterocycles. The first kappa shape index (κ1) is 13.8. The topological polar surface area (TPSA) is 29.3 Å². The highest BCUT2D eigenvalue weighted by atomic mass is 35.5. The van der Waals surface area contributed by atoms with Gasteiger partial charge in [0.1, 0.15) is 5.82 Å². The maximum absolute atomic E-state index is 14.2. The Morgan fingerprint density at radius 1 is 1.50 bits per heavy atom. The summed E-state index contributed by atoms with van der Waals surface area (Å²) in [7, 11) is 0. The first-order chi connectivity index (χ1) is 8.56. The zero-order valence-corrected chi connectivity index (χ0v) is 11.6. The van der Waals surface area contributed by atoms with Crippen LogP contribution in [0.25, 0.3) is 0 Å². The van der Waals surface area contributed by atoms with Crippen molar-refractivity contribution in [2.24, 2.45) is 11.7 Å². The van der Waals surface area contributed by atoms with Crippen molar-refractivity contribution in [3.8, 4) is 0 Å².